The molecule has 0 amide bonds. The zero-order valence-electron chi connectivity index (χ0n) is 48.0. The summed E-state index contributed by atoms with van der Waals surface area (Å²) in [5.41, 5.74) is 25.4. The molecular formula is C73H73BN4. The van der Waals surface area contributed by atoms with Gasteiger partial charge in [-0.3, -0.25) is 0 Å². The van der Waals surface area contributed by atoms with E-state index >= 15 is 0 Å². The standard InChI is InChI=1S/C73H73BN4/c1-70(2,3)52-25-33-56(34-26-52)76(57-35-27-53(28-36-57)71(4,5)6)60-41-42-62-64(47-60)77(58-37-29-54(30-38-58)72(7,8)9)65-45-51(49-22-18-15-19-23-49)46-66-67(65)74(62)69-68(78(66)59-39-31-55(32-40-59)73(10,11)12)61-44-50(24-43-63(61)75(69)13)48-20-16-14-17-21-48/h14-47H,1-13H3. The molecule has 0 fully saturated rings. The Morgan fingerprint density at radius 3 is 1.26 bits per heavy atom. The van der Waals surface area contributed by atoms with E-state index < -0.39 is 0 Å². The monoisotopic (exact) mass is 1020 g/mol. The minimum absolute atomic E-state index is 0.0000419. The zero-order chi connectivity index (χ0) is 54.6. The van der Waals surface area contributed by atoms with E-state index in [4.69, 9.17) is 0 Å². The Labute approximate surface area is 464 Å². The van der Waals surface area contributed by atoms with Gasteiger partial charge in [-0.15, -0.1) is 0 Å². The Morgan fingerprint density at radius 1 is 0.359 bits per heavy atom. The molecule has 0 atom stereocenters. The summed E-state index contributed by atoms with van der Waals surface area (Å²) in [6.07, 6.45) is 0. The lowest BCUT2D eigenvalue weighted by atomic mass is 9.35. The Balaban J connectivity index is 1.18. The highest BCUT2D eigenvalue weighted by molar-refractivity contribution is 7.00. The maximum atomic E-state index is 2.60. The Hall–Kier alpha value is -8.02. The molecule has 0 bridgehead atoms. The minimum Gasteiger partial charge on any atom is -0.353 e. The summed E-state index contributed by atoms with van der Waals surface area (Å²) in [7, 11) is 2.29. The second-order valence-electron chi connectivity index (χ2n) is 26.1. The van der Waals surface area contributed by atoms with Crippen LogP contribution >= 0.6 is 0 Å². The molecule has 388 valence electrons. The van der Waals surface area contributed by atoms with Crippen molar-refractivity contribution in [3.05, 3.63) is 229 Å². The van der Waals surface area contributed by atoms with Gasteiger partial charge in [-0.25, -0.2) is 0 Å². The molecular weight excluding hydrogens is 944 g/mol. The van der Waals surface area contributed by atoms with Crippen molar-refractivity contribution < 1.29 is 0 Å². The lowest BCUT2D eigenvalue weighted by molar-refractivity contribution is 0.590. The second-order valence-corrected chi connectivity index (χ2v) is 26.1. The number of aryl methyl sites for hydroxylation is 1. The Bertz CT molecular complexity index is 3800. The van der Waals surface area contributed by atoms with Gasteiger partial charge in [0.15, 0.2) is 0 Å². The molecule has 2 aliphatic heterocycles. The fourth-order valence-corrected chi connectivity index (χ4v) is 12.1. The number of hydrogen-bond acceptors (Lipinski definition) is 3. The smallest absolute Gasteiger partial charge is 0.272 e. The third kappa shape index (κ3) is 8.82. The zero-order valence-corrected chi connectivity index (χ0v) is 48.0. The number of nitrogens with zero attached hydrogens (tertiary/aromatic N) is 4. The van der Waals surface area contributed by atoms with Crippen LogP contribution in [0.4, 0.5) is 51.2 Å². The van der Waals surface area contributed by atoms with Crippen LogP contribution < -0.4 is 31.2 Å². The van der Waals surface area contributed by atoms with Crippen LogP contribution in [0, 0.1) is 0 Å². The van der Waals surface area contributed by atoms with E-state index in [2.05, 4.69) is 316 Å². The van der Waals surface area contributed by atoms with Crippen LogP contribution in [0.1, 0.15) is 105 Å². The van der Waals surface area contributed by atoms with Gasteiger partial charge in [-0.1, -0.05) is 204 Å². The predicted molar refractivity (Wildman–Crippen MR) is 337 cm³/mol. The molecule has 0 radical (unpaired) electrons. The van der Waals surface area contributed by atoms with Crippen LogP contribution in [0.25, 0.3) is 33.2 Å². The highest BCUT2D eigenvalue weighted by Gasteiger charge is 2.47. The van der Waals surface area contributed by atoms with Crippen molar-refractivity contribution in [3.63, 3.8) is 0 Å². The van der Waals surface area contributed by atoms with Crippen molar-refractivity contribution in [1.29, 1.82) is 0 Å². The largest absolute Gasteiger partial charge is 0.353 e. The van der Waals surface area contributed by atoms with Crippen LogP contribution in [-0.2, 0) is 28.7 Å². The number of rotatable bonds is 7. The van der Waals surface area contributed by atoms with Crippen molar-refractivity contribution in [2.45, 2.75) is 105 Å². The lowest BCUT2D eigenvalue weighted by Crippen LogP contribution is -2.62. The van der Waals surface area contributed by atoms with Crippen LogP contribution in [0.2, 0.25) is 0 Å². The summed E-state index contributed by atoms with van der Waals surface area (Å²) in [4.78, 5) is 7.64. The molecule has 0 saturated carbocycles. The second kappa shape index (κ2) is 18.6. The summed E-state index contributed by atoms with van der Waals surface area (Å²) >= 11 is 0. The van der Waals surface area contributed by atoms with Gasteiger partial charge in [-0.2, -0.15) is 0 Å². The normalized spacial score (nSPS) is 13.4. The van der Waals surface area contributed by atoms with E-state index in [0.717, 1.165) is 34.1 Å². The van der Waals surface area contributed by atoms with Crippen LogP contribution in [0.5, 0.6) is 0 Å². The number of aromatic nitrogens is 1. The van der Waals surface area contributed by atoms with Gasteiger partial charge in [-0.05, 0) is 162 Å². The van der Waals surface area contributed by atoms with Gasteiger partial charge in [0.1, 0.15) is 0 Å². The van der Waals surface area contributed by atoms with Crippen molar-refractivity contribution in [3.8, 4) is 22.3 Å². The molecule has 3 heterocycles. The van der Waals surface area contributed by atoms with Gasteiger partial charge in [0.25, 0.3) is 6.71 Å². The van der Waals surface area contributed by atoms with E-state index in [0.29, 0.717) is 0 Å². The molecule has 2 aliphatic rings. The third-order valence-corrected chi connectivity index (χ3v) is 16.6. The molecule has 1 aromatic heterocycles. The van der Waals surface area contributed by atoms with Crippen molar-refractivity contribution in [2.24, 2.45) is 7.05 Å². The van der Waals surface area contributed by atoms with Gasteiger partial charge < -0.3 is 19.3 Å². The van der Waals surface area contributed by atoms with Crippen LogP contribution in [0.15, 0.2) is 206 Å². The highest BCUT2D eigenvalue weighted by atomic mass is 15.2. The molecule has 0 spiro atoms. The van der Waals surface area contributed by atoms with Crippen molar-refractivity contribution >= 4 is 85.3 Å². The van der Waals surface area contributed by atoms with Crippen LogP contribution in [0.3, 0.4) is 0 Å². The van der Waals surface area contributed by atoms with E-state index in [9.17, 15) is 0 Å². The molecule has 0 aliphatic carbocycles. The number of anilines is 9. The Morgan fingerprint density at radius 2 is 0.782 bits per heavy atom. The fourth-order valence-electron chi connectivity index (χ4n) is 12.1. The molecule has 78 heavy (non-hydrogen) atoms. The first-order valence-corrected chi connectivity index (χ1v) is 28.0. The molecule has 10 aromatic rings. The minimum atomic E-state index is -0.114. The predicted octanol–water partition coefficient (Wildman–Crippen LogP) is 18.3. The highest BCUT2D eigenvalue weighted by Crippen LogP contribution is 2.50. The third-order valence-electron chi connectivity index (χ3n) is 16.6. The maximum Gasteiger partial charge on any atom is 0.272 e. The van der Waals surface area contributed by atoms with Gasteiger partial charge in [0.05, 0.1) is 5.69 Å². The van der Waals surface area contributed by atoms with E-state index in [1.807, 2.05) is 0 Å². The molecule has 0 N–H and O–H groups in total. The summed E-state index contributed by atoms with van der Waals surface area (Å²) < 4.78 is 2.50. The average molecular weight is 1020 g/mol. The SMILES string of the molecule is Cn1c2c(c3cc(-c4ccccc4)ccc31)N(c1ccc(C(C)(C)C)cc1)c1cc(-c3ccccc3)cc3c1B2c1ccc(N(c2ccc(C(C)(C)C)cc2)c2ccc(C(C)(C)C)cc2)cc1N3c1ccc(C(C)(C)C)cc1. The van der Waals surface area contributed by atoms with Crippen molar-refractivity contribution in [1.82, 2.24) is 4.57 Å². The quantitative estimate of drug-likeness (QED) is 0.148. The topological polar surface area (TPSA) is 14.7 Å². The van der Waals surface area contributed by atoms with E-state index in [-0.39, 0.29) is 28.4 Å². The van der Waals surface area contributed by atoms with Crippen LogP contribution in [-0.4, -0.2) is 11.3 Å². The first-order valence-electron chi connectivity index (χ1n) is 28.0. The molecule has 0 unspecified atom stereocenters. The molecule has 5 heteroatoms. The lowest BCUT2D eigenvalue weighted by Gasteiger charge is -2.44. The van der Waals surface area contributed by atoms with Crippen molar-refractivity contribution in [2.75, 3.05) is 14.7 Å². The number of fused-ring (bicyclic) bond motifs is 6. The molecule has 12 rings (SSSR count). The summed E-state index contributed by atoms with van der Waals surface area (Å²) in [6, 6.07) is 78.5. The molecule has 0 saturated heterocycles. The summed E-state index contributed by atoms with van der Waals surface area (Å²) in [6.45, 7) is 27.5. The maximum absolute atomic E-state index is 2.60. The first kappa shape index (κ1) is 50.8. The average Bonchev–Trinajstić information content (AvgIpc) is 3.31. The van der Waals surface area contributed by atoms with E-state index in [1.54, 1.807) is 0 Å². The molecule has 9 aromatic carbocycles. The van der Waals surface area contributed by atoms with Gasteiger partial charge >= 0.3 is 0 Å². The number of benzene rings is 9. The first-order chi connectivity index (χ1) is 37.1. The molecule has 4 nitrogen and oxygen atoms in total. The van der Waals surface area contributed by atoms with Gasteiger partial charge in [0, 0.05) is 69.0 Å². The summed E-state index contributed by atoms with van der Waals surface area (Å²) in [5, 5.41) is 1.23. The fraction of sp³-hybridized carbons (Fsp3) is 0.233. The van der Waals surface area contributed by atoms with Gasteiger partial charge in [0.2, 0.25) is 0 Å². The summed E-state index contributed by atoms with van der Waals surface area (Å²) in [5.74, 6) is 0. The number of hydrogen-bond donors (Lipinski definition) is 0. The van der Waals surface area contributed by atoms with E-state index in [1.165, 1.54) is 89.0 Å². The Kier molecular flexibility index (Phi) is 12.1.